The van der Waals surface area contributed by atoms with E-state index in [4.69, 9.17) is 0 Å². The van der Waals surface area contributed by atoms with Gasteiger partial charge in [0, 0.05) is 36.2 Å². The predicted octanol–water partition coefficient (Wildman–Crippen LogP) is 5.17. The van der Waals surface area contributed by atoms with Crippen molar-refractivity contribution in [3.05, 3.63) is 81.5 Å². The summed E-state index contributed by atoms with van der Waals surface area (Å²) >= 11 is 0. The number of nitrogens with one attached hydrogen (secondary N) is 1. The summed E-state index contributed by atoms with van der Waals surface area (Å²) in [6, 6.07) is 14.7. The smallest absolute Gasteiger partial charge is 0.256 e. The van der Waals surface area contributed by atoms with Crippen LogP contribution in [0.25, 0.3) is 22.5 Å². The molecule has 1 N–H and O–H groups in total. The highest BCUT2D eigenvalue weighted by atomic mass is 16.1. The first-order valence-corrected chi connectivity index (χ1v) is 12.1. The van der Waals surface area contributed by atoms with Crippen LogP contribution >= 0.6 is 0 Å². The highest BCUT2D eigenvalue weighted by Gasteiger charge is 2.19. The molecule has 4 rings (SSSR count). The van der Waals surface area contributed by atoms with Gasteiger partial charge in [-0.3, -0.25) is 9.36 Å². The van der Waals surface area contributed by atoms with Crippen LogP contribution in [0.2, 0.25) is 0 Å². The second-order valence-electron chi connectivity index (χ2n) is 8.91. The number of H-pyrrole nitrogens is 1. The maximum atomic E-state index is 13.3. The molecule has 7 heteroatoms. The van der Waals surface area contributed by atoms with Crippen molar-refractivity contribution in [1.82, 2.24) is 30.2 Å². The Morgan fingerprint density at radius 3 is 2.50 bits per heavy atom. The molecule has 0 amide bonds. The second-order valence-corrected chi connectivity index (χ2v) is 8.91. The van der Waals surface area contributed by atoms with Crippen molar-refractivity contribution in [3.8, 4) is 22.5 Å². The van der Waals surface area contributed by atoms with E-state index < -0.39 is 0 Å². The summed E-state index contributed by atoms with van der Waals surface area (Å²) in [6.45, 7) is 8.92. The standard InChI is InChI=1S/C27H32N6O/c1-5-7-11-21-14-19(15-22-17-28-26(18(3)4)33(6-2)27(22)34)16-23(25-29-31-32-30-25)24(21)20-12-9-8-10-13-20/h8-10,12-14,16-18H,5-7,11,15H2,1-4H3,(H,29,30,31,32). The first-order valence-electron chi connectivity index (χ1n) is 12.1. The molecule has 0 bridgehead atoms. The topological polar surface area (TPSA) is 89.4 Å². The molecule has 0 aliphatic heterocycles. The fraction of sp³-hybridized carbons (Fsp3) is 0.370. The summed E-state index contributed by atoms with van der Waals surface area (Å²) < 4.78 is 1.79. The van der Waals surface area contributed by atoms with Crippen LogP contribution in [0.1, 0.15) is 69.0 Å². The molecule has 0 radical (unpaired) electrons. The maximum Gasteiger partial charge on any atom is 0.256 e. The van der Waals surface area contributed by atoms with E-state index in [0.29, 0.717) is 24.4 Å². The van der Waals surface area contributed by atoms with E-state index in [0.717, 1.165) is 47.3 Å². The van der Waals surface area contributed by atoms with Crippen molar-refractivity contribution in [2.24, 2.45) is 0 Å². The SMILES string of the molecule is CCCCc1cc(Cc2cnc(C(C)C)n(CC)c2=O)cc(-c2nn[nH]n2)c1-c1ccccc1. The lowest BCUT2D eigenvalue weighted by molar-refractivity contribution is 0.602. The lowest BCUT2D eigenvalue weighted by Crippen LogP contribution is -2.28. The zero-order valence-electron chi connectivity index (χ0n) is 20.4. The highest BCUT2D eigenvalue weighted by Crippen LogP contribution is 2.35. The molecule has 2 aromatic heterocycles. The van der Waals surface area contributed by atoms with E-state index in [1.807, 2.05) is 25.1 Å². The van der Waals surface area contributed by atoms with E-state index in [2.05, 4.69) is 70.6 Å². The van der Waals surface area contributed by atoms with Gasteiger partial charge in [-0.15, -0.1) is 10.2 Å². The monoisotopic (exact) mass is 456 g/mol. The third-order valence-electron chi connectivity index (χ3n) is 6.10. The van der Waals surface area contributed by atoms with Crippen LogP contribution in [0.15, 0.2) is 53.5 Å². The van der Waals surface area contributed by atoms with E-state index in [-0.39, 0.29) is 11.5 Å². The summed E-state index contributed by atoms with van der Waals surface area (Å²) in [5, 5.41) is 15.0. The fourth-order valence-corrected chi connectivity index (χ4v) is 4.49. The van der Waals surface area contributed by atoms with Crippen LogP contribution in [-0.4, -0.2) is 30.2 Å². The van der Waals surface area contributed by atoms with Crippen molar-refractivity contribution in [2.75, 3.05) is 0 Å². The largest absolute Gasteiger partial charge is 0.297 e. The highest BCUT2D eigenvalue weighted by molar-refractivity contribution is 5.83. The van der Waals surface area contributed by atoms with Crippen molar-refractivity contribution in [3.63, 3.8) is 0 Å². The molecule has 0 aliphatic rings. The van der Waals surface area contributed by atoms with Crippen LogP contribution in [0, 0.1) is 0 Å². The minimum Gasteiger partial charge on any atom is -0.297 e. The van der Waals surface area contributed by atoms with Crippen molar-refractivity contribution in [2.45, 2.75) is 65.8 Å². The maximum absolute atomic E-state index is 13.3. The number of unbranched alkanes of at least 4 members (excludes halogenated alkanes) is 1. The van der Waals surface area contributed by atoms with Gasteiger partial charge in [0.15, 0.2) is 0 Å². The van der Waals surface area contributed by atoms with Gasteiger partial charge in [0.25, 0.3) is 5.56 Å². The average molecular weight is 457 g/mol. The summed E-state index contributed by atoms with van der Waals surface area (Å²) in [5.74, 6) is 1.57. The van der Waals surface area contributed by atoms with E-state index in [9.17, 15) is 4.79 Å². The lowest BCUT2D eigenvalue weighted by Gasteiger charge is -2.17. The van der Waals surface area contributed by atoms with Gasteiger partial charge < -0.3 is 0 Å². The van der Waals surface area contributed by atoms with Gasteiger partial charge >= 0.3 is 0 Å². The molecule has 7 nitrogen and oxygen atoms in total. The Morgan fingerprint density at radius 2 is 1.85 bits per heavy atom. The molecule has 0 aliphatic carbocycles. The summed E-state index contributed by atoms with van der Waals surface area (Å²) in [6.07, 6.45) is 5.35. The van der Waals surface area contributed by atoms with Crippen molar-refractivity contribution in [1.29, 1.82) is 0 Å². The molecule has 4 aromatic rings. The average Bonchev–Trinajstić information content (AvgIpc) is 3.39. The normalized spacial score (nSPS) is 11.3. The van der Waals surface area contributed by atoms with Gasteiger partial charge in [-0.2, -0.15) is 5.21 Å². The van der Waals surface area contributed by atoms with Crippen LogP contribution in [0.3, 0.4) is 0 Å². The number of rotatable bonds is 9. The molecule has 0 fully saturated rings. The molecule has 0 saturated heterocycles. The first-order chi connectivity index (χ1) is 16.5. The molecule has 0 saturated carbocycles. The predicted molar refractivity (Wildman–Crippen MR) is 135 cm³/mol. The number of aromatic amines is 1. The third-order valence-corrected chi connectivity index (χ3v) is 6.10. The van der Waals surface area contributed by atoms with Gasteiger partial charge in [0.2, 0.25) is 5.82 Å². The molecule has 0 atom stereocenters. The number of aryl methyl sites for hydroxylation is 1. The van der Waals surface area contributed by atoms with Gasteiger partial charge in [-0.25, -0.2) is 4.98 Å². The molecule has 2 aromatic carbocycles. The Bertz CT molecular complexity index is 1290. The number of benzene rings is 2. The summed E-state index contributed by atoms with van der Waals surface area (Å²) in [4.78, 5) is 17.9. The summed E-state index contributed by atoms with van der Waals surface area (Å²) in [5.41, 5.74) is 6.17. The number of tetrazole rings is 1. The molecule has 0 unspecified atom stereocenters. The van der Waals surface area contributed by atoms with Gasteiger partial charge in [0.1, 0.15) is 5.82 Å². The minimum absolute atomic E-state index is 0.0320. The number of hydrogen-bond donors (Lipinski definition) is 1. The Kier molecular flexibility index (Phi) is 7.30. The second kappa shape index (κ2) is 10.5. The molecular formula is C27H32N6O. The van der Waals surface area contributed by atoms with E-state index >= 15 is 0 Å². The molecule has 34 heavy (non-hydrogen) atoms. The Balaban J connectivity index is 1.87. The van der Waals surface area contributed by atoms with Crippen LogP contribution in [-0.2, 0) is 19.4 Å². The quantitative estimate of drug-likeness (QED) is 0.375. The van der Waals surface area contributed by atoms with Gasteiger partial charge in [0.05, 0.1) is 0 Å². The minimum atomic E-state index is 0.0320. The van der Waals surface area contributed by atoms with Gasteiger partial charge in [-0.05, 0) is 53.3 Å². The van der Waals surface area contributed by atoms with Crippen LogP contribution in [0.5, 0.6) is 0 Å². The Morgan fingerprint density at radius 1 is 1.06 bits per heavy atom. The van der Waals surface area contributed by atoms with Crippen molar-refractivity contribution >= 4 is 0 Å². The first kappa shape index (κ1) is 23.5. The molecule has 0 spiro atoms. The van der Waals surface area contributed by atoms with Crippen molar-refractivity contribution < 1.29 is 0 Å². The molecular weight excluding hydrogens is 424 g/mol. The lowest BCUT2D eigenvalue weighted by atomic mass is 9.88. The fourth-order valence-electron chi connectivity index (χ4n) is 4.49. The number of hydrogen-bond acceptors (Lipinski definition) is 5. The molecule has 2 heterocycles. The van der Waals surface area contributed by atoms with Crippen LogP contribution in [0.4, 0.5) is 0 Å². The Hall–Kier alpha value is -3.61. The zero-order chi connectivity index (χ0) is 24.1. The third kappa shape index (κ3) is 4.83. The number of nitrogens with zero attached hydrogens (tertiary/aromatic N) is 5. The van der Waals surface area contributed by atoms with Gasteiger partial charge in [-0.1, -0.05) is 63.6 Å². The zero-order valence-corrected chi connectivity index (χ0v) is 20.4. The van der Waals surface area contributed by atoms with E-state index in [1.54, 1.807) is 10.8 Å². The molecule has 176 valence electrons. The van der Waals surface area contributed by atoms with E-state index in [1.165, 1.54) is 5.56 Å². The summed E-state index contributed by atoms with van der Waals surface area (Å²) in [7, 11) is 0. The Labute approximate surface area is 200 Å². The van der Waals surface area contributed by atoms with Crippen LogP contribution < -0.4 is 5.56 Å². The number of aromatic nitrogens is 6.